The molecule has 1 N–H and O–H groups in total. The predicted octanol–water partition coefficient (Wildman–Crippen LogP) is 8.61. The van der Waals surface area contributed by atoms with Gasteiger partial charge in [-0.05, 0) is 90.3 Å². The molecule has 1 aliphatic heterocycles. The normalized spacial score (nSPS) is 15.8. The van der Waals surface area contributed by atoms with Gasteiger partial charge in [0.2, 0.25) is 0 Å². The Bertz CT molecular complexity index is 1300. The van der Waals surface area contributed by atoms with Crippen LogP contribution in [0.25, 0.3) is 6.08 Å². The largest absolute Gasteiger partial charge is 0.486 e. The van der Waals surface area contributed by atoms with E-state index in [1.54, 1.807) is 18.2 Å². The summed E-state index contributed by atoms with van der Waals surface area (Å²) in [5.74, 6) is 0.178. The van der Waals surface area contributed by atoms with Crippen molar-refractivity contribution in [2.75, 3.05) is 0 Å². The van der Waals surface area contributed by atoms with Gasteiger partial charge in [0, 0.05) is 8.95 Å². The zero-order valence-electron chi connectivity index (χ0n) is 18.1. The molecule has 1 saturated heterocycles. The zero-order valence-corrected chi connectivity index (χ0v) is 23.6. The summed E-state index contributed by atoms with van der Waals surface area (Å²) in [7, 11) is 0. The van der Waals surface area contributed by atoms with Gasteiger partial charge in [-0.3, -0.25) is 4.79 Å². The van der Waals surface area contributed by atoms with E-state index in [1.165, 1.54) is 11.8 Å². The van der Waals surface area contributed by atoms with Crippen molar-refractivity contribution in [3.8, 4) is 5.75 Å². The van der Waals surface area contributed by atoms with Gasteiger partial charge in [0.05, 0.1) is 20.6 Å². The third-order valence-corrected chi connectivity index (χ3v) is 8.17. The van der Waals surface area contributed by atoms with E-state index in [-0.39, 0.29) is 5.91 Å². The first-order valence-electron chi connectivity index (χ1n) is 10.1. The number of thioether (sulfide) groups is 1. The van der Waals surface area contributed by atoms with Crippen LogP contribution in [-0.2, 0) is 11.4 Å². The molecule has 0 aliphatic carbocycles. The highest BCUT2D eigenvalue weighted by Crippen LogP contribution is 2.37. The van der Waals surface area contributed by atoms with Crippen LogP contribution < -0.4 is 10.1 Å². The lowest BCUT2D eigenvalue weighted by molar-refractivity contribution is -0.115. The topological polar surface area (TPSA) is 50.7 Å². The van der Waals surface area contributed by atoms with Crippen molar-refractivity contribution in [2.24, 2.45) is 4.99 Å². The van der Waals surface area contributed by atoms with Gasteiger partial charge in [0.25, 0.3) is 5.91 Å². The summed E-state index contributed by atoms with van der Waals surface area (Å²) in [6.45, 7) is 4.35. The molecule has 1 fully saturated rings. The molecular formula is C25H18Br2Cl2N2O2S. The van der Waals surface area contributed by atoms with Crippen molar-refractivity contribution in [1.29, 1.82) is 0 Å². The summed E-state index contributed by atoms with van der Waals surface area (Å²) in [6, 6.07) is 15.2. The van der Waals surface area contributed by atoms with E-state index >= 15 is 0 Å². The minimum Gasteiger partial charge on any atom is -0.486 e. The molecule has 1 amide bonds. The Morgan fingerprint density at radius 2 is 1.65 bits per heavy atom. The van der Waals surface area contributed by atoms with Crippen molar-refractivity contribution in [2.45, 2.75) is 20.5 Å². The number of benzene rings is 3. The predicted molar refractivity (Wildman–Crippen MR) is 149 cm³/mol. The van der Waals surface area contributed by atoms with Crippen LogP contribution in [0.1, 0.15) is 22.3 Å². The number of halogens is 4. The fourth-order valence-electron chi connectivity index (χ4n) is 3.27. The molecule has 0 saturated carbocycles. The molecule has 1 heterocycles. The number of carbonyl (C=O) groups is 1. The highest BCUT2D eigenvalue weighted by atomic mass is 79.9. The second kappa shape index (κ2) is 10.9. The van der Waals surface area contributed by atoms with Gasteiger partial charge in [-0.2, -0.15) is 0 Å². The molecule has 0 radical (unpaired) electrons. The molecule has 0 aromatic heterocycles. The van der Waals surface area contributed by atoms with Gasteiger partial charge in [-0.15, -0.1) is 0 Å². The number of amidine groups is 1. The molecule has 0 unspecified atom stereocenters. The van der Waals surface area contributed by atoms with E-state index in [0.717, 1.165) is 31.3 Å². The number of hydrogen-bond donors (Lipinski definition) is 1. The molecule has 9 heteroatoms. The minimum atomic E-state index is -0.225. The number of rotatable bonds is 5. The molecular weight excluding hydrogens is 623 g/mol. The van der Waals surface area contributed by atoms with E-state index in [9.17, 15) is 4.79 Å². The van der Waals surface area contributed by atoms with E-state index < -0.39 is 0 Å². The molecule has 0 atom stereocenters. The van der Waals surface area contributed by atoms with E-state index in [1.807, 2.05) is 50.2 Å². The highest BCUT2D eigenvalue weighted by molar-refractivity contribution is 9.10. The van der Waals surface area contributed by atoms with Crippen LogP contribution in [0.5, 0.6) is 5.75 Å². The Morgan fingerprint density at radius 3 is 2.26 bits per heavy atom. The number of carbonyl (C=O) groups excluding carboxylic acids is 1. The molecule has 1 aliphatic rings. The van der Waals surface area contributed by atoms with Crippen LogP contribution >= 0.6 is 66.8 Å². The lowest BCUT2D eigenvalue weighted by atomic mass is 10.1. The maximum Gasteiger partial charge on any atom is 0.264 e. The van der Waals surface area contributed by atoms with Crippen LogP contribution in [0.2, 0.25) is 10.0 Å². The van der Waals surface area contributed by atoms with Gasteiger partial charge in [-0.25, -0.2) is 4.99 Å². The Hall–Kier alpha value is -1.77. The Morgan fingerprint density at radius 1 is 1.03 bits per heavy atom. The standard InChI is InChI=1S/C25H18Br2Cl2N2O2S/c1-13-7-18(8-14(2)22(13)27)30-25-31-24(32)21(34-25)11-16-9-19(28)23(20(29)10-16)33-12-15-3-5-17(26)6-4-15/h3-11H,12H2,1-2H3,(H,30,31,32)/b21-11-. The number of aryl methyl sites for hydroxylation is 2. The van der Waals surface area contributed by atoms with Gasteiger partial charge in [0.15, 0.2) is 10.9 Å². The van der Waals surface area contributed by atoms with Gasteiger partial charge in [0.1, 0.15) is 6.61 Å². The van der Waals surface area contributed by atoms with E-state index in [2.05, 4.69) is 42.2 Å². The second-order valence-electron chi connectivity index (χ2n) is 7.60. The first-order valence-corrected chi connectivity index (χ1v) is 13.3. The molecule has 4 rings (SSSR count). The second-order valence-corrected chi connectivity index (χ2v) is 11.2. The van der Waals surface area contributed by atoms with Crippen molar-refractivity contribution in [3.05, 3.63) is 94.7 Å². The van der Waals surface area contributed by atoms with Crippen LogP contribution in [0, 0.1) is 13.8 Å². The summed E-state index contributed by atoms with van der Waals surface area (Å²) >= 11 is 21.1. The monoisotopic (exact) mass is 638 g/mol. The first kappa shape index (κ1) is 25.3. The Labute approximate surface area is 229 Å². The average Bonchev–Trinajstić information content (AvgIpc) is 3.11. The number of amides is 1. The molecule has 0 bridgehead atoms. The van der Waals surface area contributed by atoms with Crippen LogP contribution in [0.4, 0.5) is 5.69 Å². The third kappa shape index (κ3) is 6.07. The van der Waals surface area contributed by atoms with Gasteiger partial charge >= 0.3 is 0 Å². The molecule has 174 valence electrons. The van der Waals surface area contributed by atoms with Crippen molar-refractivity contribution >= 4 is 89.7 Å². The maximum atomic E-state index is 12.5. The maximum absolute atomic E-state index is 12.5. The lowest BCUT2D eigenvalue weighted by Gasteiger charge is -2.11. The number of nitrogens with one attached hydrogen (secondary N) is 1. The van der Waals surface area contributed by atoms with Crippen molar-refractivity contribution in [1.82, 2.24) is 5.32 Å². The minimum absolute atomic E-state index is 0.225. The van der Waals surface area contributed by atoms with Crippen LogP contribution in [0.15, 0.2) is 67.4 Å². The molecule has 3 aromatic carbocycles. The summed E-state index contributed by atoms with van der Waals surface area (Å²) in [4.78, 5) is 17.6. The molecule has 34 heavy (non-hydrogen) atoms. The third-order valence-electron chi connectivity index (χ3n) is 4.92. The number of hydrogen-bond acceptors (Lipinski definition) is 4. The van der Waals surface area contributed by atoms with Crippen molar-refractivity contribution < 1.29 is 9.53 Å². The summed E-state index contributed by atoms with van der Waals surface area (Å²) in [5, 5.41) is 4.07. The molecule has 4 nitrogen and oxygen atoms in total. The highest BCUT2D eigenvalue weighted by Gasteiger charge is 2.24. The summed E-state index contributed by atoms with van der Waals surface area (Å²) < 4.78 is 7.89. The van der Waals surface area contributed by atoms with Crippen molar-refractivity contribution in [3.63, 3.8) is 0 Å². The van der Waals surface area contributed by atoms with Gasteiger partial charge < -0.3 is 10.1 Å². The molecule has 0 spiro atoms. The quantitative estimate of drug-likeness (QED) is 0.284. The SMILES string of the molecule is Cc1cc(N=C2NC(=O)/C(=C/c3cc(Cl)c(OCc4ccc(Br)cc4)c(Cl)c3)S2)cc(C)c1Br. The average molecular weight is 641 g/mol. The van der Waals surface area contributed by atoms with E-state index in [4.69, 9.17) is 27.9 Å². The van der Waals surface area contributed by atoms with Gasteiger partial charge in [-0.1, -0.05) is 67.2 Å². The summed E-state index contributed by atoms with van der Waals surface area (Å²) in [5.41, 5.74) is 4.62. The summed E-state index contributed by atoms with van der Waals surface area (Å²) in [6.07, 6.45) is 1.73. The lowest BCUT2D eigenvalue weighted by Crippen LogP contribution is -2.19. The van der Waals surface area contributed by atoms with E-state index in [0.29, 0.717) is 38.0 Å². The number of nitrogens with zero attached hydrogens (tertiary/aromatic N) is 1. The van der Waals surface area contributed by atoms with Crippen LogP contribution in [0.3, 0.4) is 0 Å². The Balaban J connectivity index is 1.51. The van der Waals surface area contributed by atoms with Crippen LogP contribution in [-0.4, -0.2) is 11.1 Å². The zero-order chi connectivity index (χ0) is 24.4. The Kier molecular flexibility index (Phi) is 8.10. The fourth-order valence-corrected chi connectivity index (χ4v) is 5.22. The molecule has 3 aromatic rings. The number of aliphatic imine (C=N–C) groups is 1. The fraction of sp³-hybridized carbons (Fsp3) is 0.120. The number of ether oxygens (including phenoxy) is 1. The first-order chi connectivity index (χ1) is 16.2. The smallest absolute Gasteiger partial charge is 0.264 e.